The first-order valence-electron chi connectivity index (χ1n) is 7.74. The van der Waals surface area contributed by atoms with E-state index in [1.54, 1.807) is 31.9 Å². The van der Waals surface area contributed by atoms with Gasteiger partial charge in [-0.25, -0.2) is 4.98 Å². The number of rotatable bonds is 6. The van der Waals surface area contributed by atoms with Crippen LogP contribution in [0.25, 0.3) is 0 Å². The Morgan fingerprint density at radius 2 is 2.19 bits per heavy atom. The number of ether oxygens (including phenoxy) is 1. The van der Waals surface area contributed by atoms with Crippen molar-refractivity contribution in [3.63, 3.8) is 0 Å². The van der Waals surface area contributed by atoms with E-state index in [0.717, 1.165) is 11.1 Å². The van der Waals surface area contributed by atoms with E-state index in [2.05, 4.69) is 20.3 Å². The third-order valence-corrected chi connectivity index (χ3v) is 3.88. The molecule has 2 aromatic heterocycles. The average molecular weight is 355 g/mol. The smallest absolute Gasteiger partial charge is 0.312 e. The van der Waals surface area contributed by atoms with Crippen LogP contribution in [0, 0.1) is 24.0 Å². The van der Waals surface area contributed by atoms with Crippen LogP contribution in [0.2, 0.25) is 0 Å². The molecule has 0 unspecified atom stereocenters. The van der Waals surface area contributed by atoms with Crippen molar-refractivity contribution >= 4 is 11.9 Å². The minimum atomic E-state index is -0.410. The van der Waals surface area contributed by atoms with E-state index in [-0.39, 0.29) is 5.69 Å². The van der Waals surface area contributed by atoms with Crippen LogP contribution in [0.5, 0.6) is 5.75 Å². The first-order valence-corrected chi connectivity index (χ1v) is 7.74. The number of aromatic nitrogens is 5. The number of methoxy groups -OCH3 is 1. The van der Waals surface area contributed by atoms with Crippen molar-refractivity contribution in [3.05, 3.63) is 63.5 Å². The number of nitrogens with zero attached hydrogens (tertiary/aromatic N) is 7. The summed E-state index contributed by atoms with van der Waals surface area (Å²) in [5.41, 5.74) is 2.57. The summed E-state index contributed by atoms with van der Waals surface area (Å²) in [4.78, 5) is 15.9. The second-order valence-electron chi connectivity index (χ2n) is 5.57. The van der Waals surface area contributed by atoms with Crippen LogP contribution in [0.4, 0.5) is 5.69 Å². The maximum Gasteiger partial charge on any atom is 0.312 e. The molecule has 0 saturated heterocycles. The maximum absolute atomic E-state index is 11.2. The molecular weight excluding hydrogens is 338 g/mol. The van der Waals surface area contributed by atoms with Gasteiger partial charge in [-0.2, -0.15) is 10.2 Å². The van der Waals surface area contributed by atoms with Crippen molar-refractivity contribution in [2.75, 3.05) is 7.11 Å². The summed E-state index contributed by atoms with van der Waals surface area (Å²) >= 11 is 0. The van der Waals surface area contributed by atoms with E-state index in [4.69, 9.17) is 4.74 Å². The third-order valence-electron chi connectivity index (χ3n) is 3.88. The van der Waals surface area contributed by atoms with Crippen LogP contribution in [-0.2, 0) is 6.54 Å². The Kier molecular flexibility index (Phi) is 4.74. The highest BCUT2D eigenvalue weighted by Crippen LogP contribution is 2.25. The first kappa shape index (κ1) is 17.3. The van der Waals surface area contributed by atoms with Gasteiger partial charge in [0.15, 0.2) is 0 Å². The molecule has 0 aliphatic carbocycles. The fraction of sp³-hybridized carbons (Fsp3) is 0.250. The lowest BCUT2D eigenvalue weighted by Crippen LogP contribution is -2.06. The summed E-state index contributed by atoms with van der Waals surface area (Å²) in [6.07, 6.45) is 4.52. The normalized spacial score (nSPS) is 11.2. The van der Waals surface area contributed by atoms with Gasteiger partial charge >= 0.3 is 5.69 Å². The topological polar surface area (TPSA) is 113 Å². The molecule has 0 saturated carbocycles. The van der Waals surface area contributed by atoms with Gasteiger partial charge in [0.2, 0.25) is 0 Å². The predicted molar refractivity (Wildman–Crippen MR) is 93.5 cm³/mol. The number of benzene rings is 1. The van der Waals surface area contributed by atoms with Gasteiger partial charge in [0.05, 0.1) is 24.8 Å². The molecule has 0 aliphatic heterocycles. The molecule has 10 heteroatoms. The van der Waals surface area contributed by atoms with E-state index < -0.39 is 4.92 Å². The zero-order valence-electron chi connectivity index (χ0n) is 14.5. The van der Waals surface area contributed by atoms with E-state index >= 15 is 0 Å². The molecule has 10 nitrogen and oxygen atoms in total. The summed E-state index contributed by atoms with van der Waals surface area (Å²) in [6.45, 7) is 3.65. The van der Waals surface area contributed by atoms with E-state index in [1.165, 1.54) is 17.4 Å². The summed E-state index contributed by atoms with van der Waals surface area (Å²) in [5, 5.41) is 23.5. The van der Waals surface area contributed by atoms with E-state index in [0.29, 0.717) is 23.7 Å². The van der Waals surface area contributed by atoms with Crippen molar-refractivity contribution in [1.82, 2.24) is 24.7 Å². The minimum absolute atomic E-state index is 0.0351. The molecule has 26 heavy (non-hydrogen) atoms. The summed E-state index contributed by atoms with van der Waals surface area (Å²) in [6, 6.07) is 5.56. The van der Waals surface area contributed by atoms with Gasteiger partial charge in [-0.05, 0) is 37.6 Å². The largest absolute Gasteiger partial charge is 0.496 e. The number of nitro groups is 1. The van der Waals surface area contributed by atoms with Crippen LogP contribution in [0.3, 0.4) is 0 Å². The van der Waals surface area contributed by atoms with Gasteiger partial charge in [-0.1, -0.05) is 0 Å². The van der Waals surface area contributed by atoms with Gasteiger partial charge in [0.1, 0.15) is 29.8 Å². The molecule has 1 aromatic carbocycles. The Hall–Kier alpha value is -3.56. The highest BCUT2D eigenvalue weighted by Gasteiger charge is 2.22. The molecular formula is C16H17N7O3. The number of hydrogen-bond donors (Lipinski definition) is 0. The summed E-state index contributed by atoms with van der Waals surface area (Å²) in [7, 11) is 1.58. The van der Waals surface area contributed by atoms with E-state index in [9.17, 15) is 10.1 Å². The van der Waals surface area contributed by atoms with Gasteiger partial charge < -0.3 is 4.74 Å². The Labute approximate surface area is 148 Å². The average Bonchev–Trinajstić information content (AvgIpc) is 3.21. The molecule has 0 N–H and O–H groups in total. The fourth-order valence-electron chi connectivity index (χ4n) is 2.66. The SMILES string of the molecule is COc1ccc(/C=N/n2cncn2)cc1Cn1nc(C)c([N+](=O)[O-])c1C. The predicted octanol–water partition coefficient (Wildman–Crippen LogP) is 1.94. The second-order valence-corrected chi connectivity index (χ2v) is 5.57. The molecule has 0 fully saturated rings. The highest BCUT2D eigenvalue weighted by atomic mass is 16.6. The van der Waals surface area contributed by atoms with Crippen LogP contribution < -0.4 is 4.74 Å². The lowest BCUT2D eigenvalue weighted by atomic mass is 10.1. The number of hydrogen-bond acceptors (Lipinski definition) is 7. The Morgan fingerprint density at radius 3 is 2.81 bits per heavy atom. The molecule has 0 spiro atoms. The van der Waals surface area contributed by atoms with Crippen LogP contribution >= 0.6 is 0 Å². The van der Waals surface area contributed by atoms with Gasteiger partial charge in [-0.15, -0.1) is 9.89 Å². The van der Waals surface area contributed by atoms with Gasteiger partial charge in [0, 0.05) is 5.56 Å². The van der Waals surface area contributed by atoms with Crippen LogP contribution in [-0.4, -0.2) is 42.9 Å². The molecule has 0 aliphatic rings. The Bertz CT molecular complexity index is 961. The van der Waals surface area contributed by atoms with Crippen molar-refractivity contribution in [1.29, 1.82) is 0 Å². The monoisotopic (exact) mass is 355 g/mol. The molecule has 3 rings (SSSR count). The van der Waals surface area contributed by atoms with Crippen molar-refractivity contribution in [2.45, 2.75) is 20.4 Å². The van der Waals surface area contributed by atoms with Gasteiger partial charge in [0.25, 0.3) is 0 Å². The van der Waals surface area contributed by atoms with Crippen LogP contribution in [0.15, 0.2) is 36.0 Å². The maximum atomic E-state index is 11.2. The van der Waals surface area contributed by atoms with Crippen molar-refractivity contribution in [2.24, 2.45) is 5.10 Å². The zero-order valence-corrected chi connectivity index (χ0v) is 14.5. The molecule has 0 amide bonds. The highest BCUT2D eigenvalue weighted by molar-refractivity contribution is 5.80. The molecule has 134 valence electrons. The van der Waals surface area contributed by atoms with Crippen LogP contribution in [0.1, 0.15) is 22.5 Å². The lowest BCUT2D eigenvalue weighted by Gasteiger charge is -2.10. The zero-order chi connectivity index (χ0) is 18.7. The summed E-state index contributed by atoms with van der Waals surface area (Å²) in [5.74, 6) is 0.665. The second kappa shape index (κ2) is 7.13. The van der Waals surface area contributed by atoms with Gasteiger partial charge in [-0.3, -0.25) is 14.8 Å². The first-order chi connectivity index (χ1) is 12.5. The Morgan fingerprint density at radius 1 is 1.38 bits per heavy atom. The van der Waals surface area contributed by atoms with Crippen molar-refractivity contribution in [3.8, 4) is 5.75 Å². The quantitative estimate of drug-likeness (QED) is 0.379. The molecule has 0 atom stereocenters. The Balaban J connectivity index is 1.93. The minimum Gasteiger partial charge on any atom is -0.496 e. The molecule has 3 aromatic rings. The summed E-state index contributed by atoms with van der Waals surface area (Å²) < 4.78 is 7.00. The number of aryl methyl sites for hydroxylation is 1. The molecule has 0 bridgehead atoms. The molecule has 2 heterocycles. The molecule has 0 radical (unpaired) electrons. The van der Waals surface area contributed by atoms with Crippen molar-refractivity contribution < 1.29 is 9.66 Å². The third kappa shape index (κ3) is 3.43. The standard InChI is InChI=1S/C16H17N7O3/c1-11-16(23(24)25)12(2)21(20-11)8-14-6-13(4-5-15(14)26-3)7-18-22-10-17-9-19-22/h4-7,9-10H,8H2,1-3H3/b18-7+. The van der Waals surface area contributed by atoms with E-state index in [1.807, 2.05) is 18.2 Å². The lowest BCUT2D eigenvalue weighted by molar-refractivity contribution is -0.386. The fourth-order valence-corrected chi connectivity index (χ4v) is 2.66.